The van der Waals surface area contributed by atoms with Gasteiger partial charge in [-0.1, -0.05) is 36.4 Å². The molecule has 0 radical (unpaired) electrons. The molecule has 0 aliphatic rings. The Bertz CT molecular complexity index is 494. The van der Waals surface area contributed by atoms with Crippen molar-refractivity contribution in [1.29, 1.82) is 0 Å². The molecular weight excluding hydrogens is 288 g/mol. The Labute approximate surface area is 117 Å². The molecule has 0 unspecified atom stereocenters. The second-order valence-corrected chi connectivity index (χ2v) is 5.23. The van der Waals surface area contributed by atoms with Crippen LogP contribution >= 0.6 is 15.9 Å². The predicted molar refractivity (Wildman–Crippen MR) is 79.1 cm³/mol. The number of hydrogen-bond acceptors (Lipinski definition) is 1. The Kier molecular flexibility index (Phi) is 4.82. The van der Waals surface area contributed by atoms with Crippen LogP contribution in [0.25, 0.3) is 0 Å². The molecule has 94 valence electrons. The first-order valence-corrected chi connectivity index (χ1v) is 6.98. The zero-order valence-electron chi connectivity index (χ0n) is 10.5. The Morgan fingerprint density at radius 2 is 1.83 bits per heavy atom. The summed E-state index contributed by atoms with van der Waals surface area (Å²) < 4.78 is 6.80. The lowest BCUT2D eigenvalue weighted by Crippen LogP contribution is -2.00. The minimum Gasteiger partial charge on any atom is -0.492 e. The minimum absolute atomic E-state index is 0.747. The van der Waals surface area contributed by atoms with Crippen LogP contribution in [0.3, 0.4) is 0 Å². The lowest BCUT2D eigenvalue weighted by Gasteiger charge is -2.08. The molecular formula is C16H17BrO. The van der Waals surface area contributed by atoms with Crippen molar-refractivity contribution in [2.75, 3.05) is 6.61 Å². The monoisotopic (exact) mass is 304 g/mol. The molecule has 0 amide bonds. The van der Waals surface area contributed by atoms with Gasteiger partial charge in [-0.05, 0) is 59.0 Å². The number of rotatable bonds is 5. The molecule has 0 fully saturated rings. The third-order valence-corrected chi connectivity index (χ3v) is 3.42. The van der Waals surface area contributed by atoms with Crippen molar-refractivity contribution in [3.05, 3.63) is 64.1 Å². The van der Waals surface area contributed by atoms with E-state index in [0.717, 1.165) is 29.7 Å². The number of hydrogen-bond donors (Lipinski definition) is 0. The molecule has 0 aliphatic carbocycles. The highest BCUT2D eigenvalue weighted by Crippen LogP contribution is 2.25. The summed E-state index contributed by atoms with van der Waals surface area (Å²) in [6, 6.07) is 16.7. The van der Waals surface area contributed by atoms with E-state index in [1.54, 1.807) is 0 Å². The van der Waals surface area contributed by atoms with E-state index in [1.807, 2.05) is 12.1 Å². The highest BCUT2D eigenvalue weighted by Gasteiger charge is 2.00. The molecule has 0 saturated carbocycles. The fraction of sp³-hybridized carbons (Fsp3) is 0.250. The van der Waals surface area contributed by atoms with Gasteiger partial charge in [-0.15, -0.1) is 0 Å². The summed E-state index contributed by atoms with van der Waals surface area (Å²) in [6.07, 6.45) is 2.09. The number of aryl methyl sites for hydroxylation is 2. The van der Waals surface area contributed by atoms with Gasteiger partial charge in [-0.25, -0.2) is 0 Å². The van der Waals surface area contributed by atoms with E-state index in [0.29, 0.717) is 0 Å². The van der Waals surface area contributed by atoms with Crippen LogP contribution in [0.15, 0.2) is 53.0 Å². The maximum absolute atomic E-state index is 5.77. The smallest absolute Gasteiger partial charge is 0.133 e. The summed E-state index contributed by atoms with van der Waals surface area (Å²) in [5, 5.41) is 0. The molecule has 1 nitrogen and oxygen atoms in total. The molecule has 0 spiro atoms. The van der Waals surface area contributed by atoms with Crippen LogP contribution in [0.1, 0.15) is 17.5 Å². The Morgan fingerprint density at radius 3 is 2.56 bits per heavy atom. The van der Waals surface area contributed by atoms with E-state index in [4.69, 9.17) is 4.74 Å². The molecule has 0 N–H and O–H groups in total. The first-order valence-electron chi connectivity index (χ1n) is 6.18. The van der Waals surface area contributed by atoms with Gasteiger partial charge in [0.2, 0.25) is 0 Å². The summed E-state index contributed by atoms with van der Waals surface area (Å²) in [7, 11) is 0. The van der Waals surface area contributed by atoms with E-state index in [9.17, 15) is 0 Å². The molecule has 2 heteroatoms. The molecule has 0 heterocycles. The predicted octanol–water partition coefficient (Wildman–Crippen LogP) is 4.77. The molecule has 18 heavy (non-hydrogen) atoms. The molecule has 2 aromatic carbocycles. The maximum atomic E-state index is 5.77. The fourth-order valence-electron chi connectivity index (χ4n) is 1.83. The van der Waals surface area contributed by atoms with Gasteiger partial charge in [0, 0.05) is 0 Å². The van der Waals surface area contributed by atoms with Crippen LogP contribution in [-0.2, 0) is 6.42 Å². The maximum Gasteiger partial charge on any atom is 0.133 e. The topological polar surface area (TPSA) is 9.23 Å². The first-order chi connectivity index (χ1) is 8.75. The van der Waals surface area contributed by atoms with Crippen molar-refractivity contribution >= 4 is 15.9 Å². The molecule has 0 aromatic heterocycles. The first kappa shape index (κ1) is 13.2. The molecule has 2 aromatic rings. The Morgan fingerprint density at radius 1 is 1.06 bits per heavy atom. The molecule has 0 atom stereocenters. The second-order valence-electron chi connectivity index (χ2n) is 4.37. The van der Waals surface area contributed by atoms with E-state index in [1.165, 1.54) is 11.1 Å². The highest BCUT2D eigenvalue weighted by molar-refractivity contribution is 9.10. The highest BCUT2D eigenvalue weighted by atomic mass is 79.9. The zero-order chi connectivity index (χ0) is 12.8. The average Bonchev–Trinajstić information content (AvgIpc) is 2.38. The van der Waals surface area contributed by atoms with E-state index < -0.39 is 0 Å². The zero-order valence-corrected chi connectivity index (χ0v) is 12.1. The van der Waals surface area contributed by atoms with Gasteiger partial charge in [0.1, 0.15) is 5.75 Å². The third-order valence-electron chi connectivity index (χ3n) is 2.80. The van der Waals surface area contributed by atoms with Crippen LogP contribution in [0, 0.1) is 6.92 Å². The Hall–Kier alpha value is -1.28. The average molecular weight is 305 g/mol. The number of benzene rings is 2. The van der Waals surface area contributed by atoms with Crippen molar-refractivity contribution < 1.29 is 4.74 Å². The van der Waals surface area contributed by atoms with Crippen molar-refractivity contribution in [3.63, 3.8) is 0 Å². The summed E-state index contributed by atoms with van der Waals surface area (Å²) in [6.45, 7) is 2.82. The largest absolute Gasteiger partial charge is 0.492 e. The number of halogens is 1. The van der Waals surface area contributed by atoms with Crippen molar-refractivity contribution in [1.82, 2.24) is 0 Å². The van der Waals surface area contributed by atoms with Gasteiger partial charge in [0.05, 0.1) is 11.1 Å². The molecule has 0 bridgehead atoms. The molecule has 0 saturated heterocycles. The van der Waals surface area contributed by atoms with Crippen molar-refractivity contribution in [2.24, 2.45) is 0 Å². The van der Waals surface area contributed by atoms with Crippen LogP contribution in [0.5, 0.6) is 5.75 Å². The van der Waals surface area contributed by atoms with Gasteiger partial charge >= 0.3 is 0 Å². The van der Waals surface area contributed by atoms with Gasteiger partial charge in [-0.2, -0.15) is 0 Å². The van der Waals surface area contributed by atoms with Gasteiger partial charge < -0.3 is 4.74 Å². The van der Waals surface area contributed by atoms with Gasteiger partial charge in [-0.3, -0.25) is 0 Å². The second kappa shape index (κ2) is 6.60. The number of ether oxygens (including phenoxy) is 1. The lowest BCUT2D eigenvalue weighted by molar-refractivity contribution is 0.309. The standard InChI is InChI=1S/C16H17BrO/c1-13-9-10-16(15(17)12-13)18-11-5-8-14-6-3-2-4-7-14/h2-4,6-7,9-10,12H,5,8,11H2,1H3. The van der Waals surface area contributed by atoms with E-state index >= 15 is 0 Å². The van der Waals surface area contributed by atoms with E-state index in [2.05, 4.69) is 59.3 Å². The molecule has 0 aliphatic heterocycles. The molecule has 2 rings (SSSR count). The minimum atomic E-state index is 0.747. The van der Waals surface area contributed by atoms with Crippen molar-refractivity contribution in [3.8, 4) is 5.75 Å². The quantitative estimate of drug-likeness (QED) is 0.723. The van der Waals surface area contributed by atoms with Crippen LogP contribution in [0.4, 0.5) is 0 Å². The lowest BCUT2D eigenvalue weighted by atomic mass is 10.1. The fourth-order valence-corrected chi connectivity index (χ4v) is 2.43. The normalized spacial score (nSPS) is 10.3. The van der Waals surface area contributed by atoms with Gasteiger partial charge in [0.15, 0.2) is 0 Å². The summed E-state index contributed by atoms with van der Waals surface area (Å²) in [4.78, 5) is 0. The van der Waals surface area contributed by atoms with Crippen molar-refractivity contribution in [2.45, 2.75) is 19.8 Å². The summed E-state index contributed by atoms with van der Waals surface area (Å²) >= 11 is 3.52. The SMILES string of the molecule is Cc1ccc(OCCCc2ccccc2)c(Br)c1. The third kappa shape index (κ3) is 3.88. The summed E-state index contributed by atoms with van der Waals surface area (Å²) in [5.74, 6) is 0.925. The summed E-state index contributed by atoms with van der Waals surface area (Å²) in [5.41, 5.74) is 2.60. The van der Waals surface area contributed by atoms with Crippen LogP contribution < -0.4 is 4.74 Å². The van der Waals surface area contributed by atoms with E-state index in [-0.39, 0.29) is 0 Å². The van der Waals surface area contributed by atoms with Crippen LogP contribution in [0.2, 0.25) is 0 Å². The Balaban J connectivity index is 1.79. The van der Waals surface area contributed by atoms with Crippen LogP contribution in [-0.4, -0.2) is 6.61 Å². The van der Waals surface area contributed by atoms with Gasteiger partial charge in [0.25, 0.3) is 0 Å².